The van der Waals surface area contributed by atoms with Crippen molar-refractivity contribution in [1.29, 1.82) is 0 Å². The van der Waals surface area contributed by atoms with Gasteiger partial charge in [-0.05, 0) is 43.7 Å². The summed E-state index contributed by atoms with van der Waals surface area (Å²) in [7, 11) is -1.92. The van der Waals surface area contributed by atoms with Gasteiger partial charge in [0.15, 0.2) is 0 Å². The molecule has 0 saturated carbocycles. The first-order valence-electron chi connectivity index (χ1n) is 5.60. The van der Waals surface area contributed by atoms with Crippen LogP contribution in [0.4, 0.5) is 0 Å². The third kappa shape index (κ3) is 2.28. The molecule has 0 bridgehead atoms. The van der Waals surface area contributed by atoms with Gasteiger partial charge in [0.1, 0.15) is 5.75 Å². The number of aliphatic hydroxyl groups is 1. The molecule has 5 heteroatoms. The van der Waals surface area contributed by atoms with Crippen molar-refractivity contribution >= 4 is 15.9 Å². The molecule has 1 aromatic carbocycles. The molecular weight excluding hydrogens is 252 g/mol. The Bertz CT molecular complexity index is 606. The highest BCUT2D eigenvalue weighted by Gasteiger charge is 2.32. The largest absolute Gasteiger partial charge is 0.497 e. The molecule has 2 rings (SSSR count). The van der Waals surface area contributed by atoms with E-state index in [1.807, 2.05) is 0 Å². The fourth-order valence-electron chi connectivity index (χ4n) is 1.98. The molecule has 0 saturated heterocycles. The summed E-state index contributed by atoms with van der Waals surface area (Å²) in [6.07, 6.45) is 1.71. The molecule has 0 spiro atoms. The van der Waals surface area contributed by atoms with Crippen molar-refractivity contribution in [2.24, 2.45) is 0 Å². The maximum atomic E-state index is 12.2. The lowest BCUT2D eigenvalue weighted by molar-refractivity contribution is 0.0829. The SMILES string of the molecule is COc1ccc2c(c1)C=C(CC(C)(C)O)S2(=O)=O. The van der Waals surface area contributed by atoms with Crippen molar-refractivity contribution in [1.82, 2.24) is 0 Å². The molecular formula is C13H16O4S. The molecule has 1 aliphatic heterocycles. The summed E-state index contributed by atoms with van der Waals surface area (Å²) in [5.74, 6) is 0.615. The zero-order chi connectivity index (χ0) is 13.6. The minimum Gasteiger partial charge on any atom is -0.497 e. The van der Waals surface area contributed by atoms with E-state index in [4.69, 9.17) is 4.74 Å². The molecule has 0 amide bonds. The highest BCUT2D eigenvalue weighted by atomic mass is 32.2. The Kier molecular flexibility index (Phi) is 2.99. The first-order valence-corrected chi connectivity index (χ1v) is 7.08. The average Bonchev–Trinajstić information content (AvgIpc) is 2.48. The van der Waals surface area contributed by atoms with Crippen molar-refractivity contribution in [3.63, 3.8) is 0 Å². The van der Waals surface area contributed by atoms with Gasteiger partial charge in [-0.25, -0.2) is 8.42 Å². The lowest BCUT2D eigenvalue weighted by Gasteiger charge is -2.17. The molecule has 18 heavy (non-hydrogen) atoms. The highest BCUT2D eigenvalue weighted by molar-refractivity contribution is 7.95. The van der Waals surface area contributed by atoms with Gasteiger partial charge in [0.05, 0.1) is 22.5 Å². The van der Waals surface area contributed by atoms with Crippen LogP contribution in [0.15, 0.2) is 28.0 Å². The topological polar surface area (TPSA) is 63.6 Å². The molecule has 0 aromatic heterocycles. The van der Waals surface area contributed by atoms with Crippen molar-refractivity contribution in [2.45, 2.75) is 30.8 Å². The van der Waals surface area contributed by atoms with Crippen molar-refractivity contribution in [3.8, 4) is 5.75 Å². The van der Waals surface area contributed by atoms with Crippen LogP contribution in [-0.2, 0) is 9.84 Å². The summed E-state index contributed by atoms with van der Waals surface area (Å²) in [5, 5.41) is 9.76. The van der Waals surface area contributed by atoms with Crippen LogP contribution >= 0.6 is 0 Å². The average molecular weight is 268 g/mol. The predicted molar refractivity (Wildman–Crippen MR) is 69.1 cm³/mol. The number of hydrogen-bond donors (Lipinski definition) is 1. The fraction of sp³-hybridized carbons (Fsp3) is 0.385. The van der Waals surface area contributed by atoms with Crippen molar-refractivity contribution in [2.75, 3.05) is 7.11 Å². The Balaban J connectivity index is 2.49. The van der Waals surface area contributed by atoms with E-state index in [0.29, 0.717) is 11.3 Å². The Morgan fingerprint density at radius 2 is 2.00 bits per heavy atom. The highest BCUT2D eigenvalue weighted by Crippen LogP contribution is 2.38. The van der Waals surface area contributed by atoms with Gasteiger partial charge in [-0.1, -0.05) is 0 Å². The van der Waals surface area contributed by atoms with Crippen LogP contribution in [0.3, 0.4) is 0 Å². The third-order valence-electron chi connectivity index (χ3n) is 2.77. The summed E-state index contributed by atoms with van der Waals surface area (Å²) in [4.78, 5) is 0.529. The van der Waals surface area contributed by atoms with Crippen LogP contribution in [0.1, 0.15) is 25.8 Å². The van der Waals surface area contributed by atoms with E-state index in [1.54, 1.807) is 32.1 Å². The van der Waals surface area contributed by atoms with Gasteiger partial charge < -0.3 is 9.84 Å². The van der Waals surface area contributed by atoms with Crippen LogP contribution in [-0.4, -0.2) is 26.2 Å². The quantitative estimate of drug-likeness (QED) is 0.910. The summed E-state index contributed by atoms with van der Waals surface area (Å²) >= 11 is 0. The maximum Gasteiger partial charge on any atom is 0.203 e. The molecule has 1 N–H and O–H groups in total. The summed E-state index contributed by atoms with van der Waals surface area (Å²) in [5.41, 5.74) is -0.431. The van der Waals surface area contributed by atoms with Gasteiger partial charge in [-0.2, -0.15) is 0 Å². The second kappa shape index (κ2) is 4.10. The van der Waals surface area contributed by atoms with Gasteiger partial charge in [-0.15, -0.1) is 0 Å². The number of methoxy groups -OCH3 is 1. The van der Waals surface area contributed by atoms with Crippen LogP contribution < -0.4 is 4.74 Å². The molecule has 98 valence electrons. The van der Waals surface area contributed by atoms with E-state index in [9.17, 15) is 13.5 Å². The molecule has 1 heterocycles. The number of sulfone groups is 1. The fourth-order valence-corrected chi connectivity index (χ4v) is 3.76. The molecule has 0 radical (unpaired) electrons. The Labute approximate surface area is 107 Å². The van der Waals surface area contributed by atoms with Crippen LogP contribution in [0.2, 0.25) is 0 Å². The zero-order valence-corrected chi connectivity index (χ0v) is 11.4. The summed E-state index contributed by atoms with van der Waals surface area (Å²) in [6, 6.07) is 4.85. The normalized spacial score (nSPS) is 17.2. The number of ether oxygens (including phenoxy) is 1. The zero-order valence-electron chi connectivity index (χ0n) is 10.6. The molecule has 0 fully saturated rings. The Morgan fingerprint density at radius 3 is 2.56 bits per heavy atom. The predicted octanol–water partition coefficient (Wildman–Crippen LogP) is 1.98. The van der Waals surface area contributed by atoms with Gasteiger partial charge >= 0.3 is 0 Å². The number of hydrogen-bond acceptors (Lipinski definition) is 4. The second-order valence-electron chi connectivity index (χ2n) is 5.01. The van der Waals surface area contributed by atoms with Crippen molar-refractivity contribution < 1.29 is 18.3 Å². The lowest BCUT2D eigenvalue weighted by atomic mass is 10.0. The maximum absolute atomic E-state index is 12.2. The van der Waals surface area contributed by atoms with Crippen molar-refractivity contribution in [3.05, 3.63) is 28.7 Å². The Morgan fingerprint density at radius 1 is 1.33 bits per heavy atom. The van der Waals surface area contributed by atoms with E-state index in [2.05, 4.69) is 0 Å². The van der Waals surface area contributed by atoms with Gasteiger partial charge in [0, 0.05) is 6.42 Å². The van der Waals surface area contributed by atoms with E-state index >= 15 is 0 Å². The number of rotatable bonds is 3. The standard InChI is InChI=1S/C13H16O4S/c1-13(2,14)8-11-7-9-6-10(17-3)4-5-12(9)18(11,15)16/h4-7,14H,8H2,1-3H3. The van der Waals surface area contributed by atoms with Gasteiger partial charge in [0.2, 0.25) is 9.84 Å². The number of fused-ring (bicyclic) bond motifs is 1. The monoisotopic (exact) mass is 268 g/mol. The minimum atomic E-state index is -3.46. The number of benzene rings is 1. The Hall–Kier alpha value is -1.33. The lowest BCUT2D eigenvalue weighted by Crippen LogP contribution is -2.21. The van der Waals surface area contributed by atoms with Crippen LogP contribution in [0, 0.1) is 0 Å². The van der Waals surface area contributed by atoms with E-state index in [-0.39, 0.29) is 16.2 Å². The van der Waals surface area contributed by atoms with E-state index in [0.717, 1.165) is 0 Å². The molecule has 0 atom stereocenters. The molecule has 4 nitrogen and oxygen atoms in total. The van der Waals surface area contributed by atoms with Crippen LogP contribution in [0.25, 0.3) is 6.08 Å². The van der Waals surface area contributed by atoms with E-state index < -0.39 is 15.4 Å². The first-order chi connectivity index (χ1) is 8.24. The van der Waals surface area contributed by atoms with E-state index in [1.165, 1.54) is 13.2 Å². The summed E-state index contributed by atoms with van der Waals surface area (Å²) in [6.45, 7) is 3.18. The minimum absolute atomic E-state index is 0.104. The smallest absolute Gasteiger partial charge is 0.203 e. The van der Waals surface area contributed by atoms with Gasteiger partial charge in [-0.3, -0.25) is 0 Å². The molecule has 0 unspecified atom stereocenters. The first kappa shape index (κ1) is 13.1. The summed E-state index contributed by atoms with van der Waals surface area (Å²) < 4.78 is 29.6. The second-order valence-corrected chi connectivity index (χ2v) is 6.98. The third-order valence-corrected chi connectivity index (χ3v) is 4.68. The molecule has 1 aromatic rings. The molecule has 1 aliphatic rings. The van der Waals surface area contributed by atoms with Gasteiger partial charge in [0.25, 0.3) is 0 Å². The molecule has 0 aliphatic carbocycles. The van der Waals surface area contributed by atoms with Crippen LogP contribution in [0.5, 0.6) is 5.75 Å².